The van der Waals surface area contributed by atoms with E-state index in [1.165, 1.54) is 0 Å². The van der Waals surface area contributed by atoms with Crippen LogP contribution in [-0.2, 0) is 0 Å². The Hall–Kier alpha value is -1.94. The van der Waals surface area contributed by atoms with Gasteiger partial charge >= 0.3 is 5.97 Å². The summed E-state index contributed by atoms with van der Waals surface area (Å²) in [6.45, 7) is 3.97. The van der Waals surface area contributed by atoms with Crippen LogP contribution in [-0.4, -0.2) is 11.1 Å². The molecule has 0 radical (unpaired) electrons. The molecule has 0 saturated heterocycles. The highest BCUT2D eigenvalue weighted by molar-refractivity contribution is 5.86. The Morgan fingerprint density at radius 2 is 1.67 bits per heavy atom. The first-order valence-corrected chi connectivity index (χ1v) is 5.18. The van der Waals surface area contributed by atoms with Gasteiger partial charge in [0.1, 0.15) is 5.56 Å². The number of rotatable bonds is 3. The number of pyridine rings is 1. The lowest BCUT2D eigenvalue weighted by atomic mass is 10.1. The number of halogens is 1. The Balaban J connectivity index is 0.00000162. The molecule has 92 valence electrons. The van der Waals surface area contributed by atoms with E-state index in [9.17, 15) is 4.79 Å². The zero-order chi connectivity index (χ0) is 12.3. The minimum Gasteiger partial charge on any atom is -1.00 e. The Labute approximate surface area is 116 Å². The van der Waals surface area contributed by atoms with Crippen molar-refractivity contribution in [3.05, 3.63) is 72.6 Å². The van der Waals surface area contributed by atoms with Crippen LogP contribution in [0.5, 0.6) is 0 Å². The van der Waals surface area contributed by atoms with Crippen LogP contribution < -0.4 is 21.5 Å². The van der Waals surface area contributed by atoms with E-state index in [1.54, 1.807) is 29.1 Å². The molecule has 0 spiro atoms. The SMILES string of the molecule is C=C(c1ccccc1)[n+]1cccc(C(=O)O)c1.[Br-]. The Morgan fingerprint density at radius 3 is 2.28 bits per heavy atom. The standard InChI is InChI=1S/C14H11NO2.BrH/c1-11(12-6-3-2-4-7-12)15-9-5-8-13(10-15)14(16)17;/h2-10H,1H2;1H. The summed E-state index contributed by atoms with van der Waals surface area (Å²) in [6.07, 6.45) is 3.33. The maximum atomic E-state index is 10.9. The van der Waals surface area contributed by atoms with Crippen LogP contribution in [0.15, 0.2) is 61.4 Å². The van der Waals surface area contributed by atoms with Gasteiger partial charge in [-0.05, 0) is 24.8 Å². The van der Waals surface area contributed by atoms with Gasteiger partial charge < -0.3 is 22.1 Å². The van der Waals surface area contributed by atoms with Crippen LogP contribution in [0.3, 0.4) is 0 Å². The second kappa shape index (κ2) is 6.12. The maximum Gasteiger partial charge on any atom is 0.341 e. The zero-order valence-electron chi connectivity index (χ0n) is 9.58. The Morgan fingerprint density at radius 1 is 1.06 bits per heavy atom. The third-order valence-electron chi connectivity index (χ3n) is 2.47. The Kier molecular flexibility index (Phi) is 4.80. The molecule has 2 aromatic rings. The van der Waals surface area contributed by atoms with E-state index in [0.29, 0.717) is 0 Å². The molecule has 18 heavy (non-hydrogen) atoms. The minimum absolute atomic E-state index is 0. The van der Waals surface area contributed by atoms with Crippen LogP contribution in [0.25, 0.3) is 5.70 Å². The van der Waals surface area contributed by atoms with Crippen molar-refractivity contribution in [2.45, 2.75) is 0 Å². The Bertz CT molecular complexity index is 567. The van der Waals surface area contributed by atoms with E-state index < -0.39 is 5.97 Å². The van der Waals surface area contributed by atoms with Crippen LogP contribution in [0.4, 0.5) is 0 Å². The van der Waals surface area contributed by atoms with Crippen LogP contribution >= 0.6 is 0 Å². The molecule has 0 amide bonds. The molecule has 1 heterocycles. The van der Waals surface area contributed by atoms with E-state index in [2.05, 4.69) is 6.58 Å². The number of hydrogen-bond donors (Lipinski definition) is 1. The van der Waals surface area contributed by atoms with Crippen molar-refractivity contribution in [3.63, 3.8) is 0 Å². The summed E-state index contributed by atoms with van der Waals surface area (Å²) < 4.78 is 1.71. The zero-order valence-corrected chi connectivity index (χ0v) is 11.2. The van der Waals surface area contributed by atoms with Gasteiger partial charge in [-0.2, -0.15) is 4.57 Å². The van der Waals surface area contributed by atoms with Crippen molar-refractivity contribution in [2.75, 3.05) is 0 Å². The molecule has 0 saturated carbocycles. The molecule has 4 heteroatoms. The van der Waals surface area contributed by atoms with Gasteiger partial charge in [0.2, 0.25) is 5.70 Å². The topological polar surface area (TPSA) is 41.2 Å². The maximum absolute atomic E-state index is 10.9. The quantitative estimate of drug-likeness (QED) is 0.754. The molecule has 0 atom stereocenters. The van der Waals surface area contributed by atoms with Crippen LogP contribution in [0.2, 0.25) is 0 Å². The lowest BCUT2D eigenvalue weighted by molar-refractivity contribution is -0.578. The summed E-state index contributed by atoms with van der Waals surface area (Å²) >= 11 is 0. The molecular weight excluding hydrogens is 294 g/mol. The van der Waals surface area contributed by atoms with Gasteiger partial charge in [0.15, 0.2) is 12.4 Å². The molecule has 1 aromatic heterocycles. The predicted octanol–water partition coefficient (Wildman–Crippen LogP) is -0.805. The monoisotopic (exact) mass is 305 g/mol. The van der Waals surface area contributed by atoms with E-state index in [0.717, 1.165) is 11.3 Å². The molecule has 0 unspecified atom stereocenters. The first-order chi connectivity index (χ1) is 8.18. The molecule has 0 aliphatic heterocycles. The average molecular weight is 306 g/mol. The van der Waals surface area contributed by atoms with Crippen molar-refractivity contribution in [3.8, 4) is 0 Å². The van der Waals surface area contributed by atoms with Crippen molar-refractivity contribution >= 4 is 11.7 Å². The highest BCUT2D eigenvalue weighted by Gasteiger charge is 2.13. The highest BCUT2D eigenvalue weighted by Crippen LogP contribution is 2.08. The number of benzene rings is 1. The summed E-state index contributed by atoms with van der Waals surface area (Å²) in [6, 6.07) is 12.9. The molecular formula is C14H12BrNO2. The molecule has 1 aromatic carbocycles. The third-order valence-corrected chi connectivity index (χ3v) is 2.47. The summed E-state index contributed by atoms with van der Waals surface area (Å²) in [5.74, 6) is -0.944. The van der Waals surface area contributed by atoms with Crippen LogP contribution in [0.1, 0.15) is 15.9 Å². The summed E-state index contributed by atoms with van der Waals surface area (Å²) in [5, 5.41) is 8.92. The number of carboxylic acid groups (broad SMARTS) is 1. The normalized spacial score (nSPS) is 9.33. The highest BCUT2D eigenvalue weighted by atomic mass is 79.9. The van der Waals surface area contributed by atoms with Crippen molar-refractivity contribution in [1.29, 1.82) is 0 Å². The van der Waals surface area contributed by atoms with Crippen LogP contribution in [0, 0.1) is 0 Å². The van der Waals surface area contributed by atoms with Gasteiger partial charge in [0.25, 0.3) is 0 Å². The summed E-state index contributed by atoms with van der Waals surface area (Å²) in [4.78, 5) is 10.9. The number of carbonyl (C=O) groups is 1. The average Bonchev–Trinajstić information content (AvgIpc) is 2.39. The van der Waals surface area contributed by atoms with Gasteiger partial charge in [-0.15, -0.1) is 0 Å². The molecule has 0 fully saturated rings. The van der Waals surface area contributed by atoms with E-state index in [4.69, 9.17) is 5.11 Å². The first-order valence-electron chi connectivity index (χ1n) is 5.18. The molecule has 2 rings (SSSR count). The van der Waals surface area contributed by atoms with Crippen molar-refractivity contribution < 1.29 is 31.4 Å². The smallest absolute Gasteiger partial charge is 0.341 e. The molecule has 3 nitrogen and oxygen atoms in total. The van der Waals surface area contributed by atoms with Gasteiger partial charge in [0.05, 0.1) is 0 Å². The largest absolute Gasteiger partial charge is 1.00 e. The van der Waals surface area contributed by atoms with E-state index in [-0.39, 0.29) is 22.5 Å². The lowest BCUT2D eigenvalue weighted by Crippen LogP contribution is -3.00. The predicted molar refractivity (Wildman–Crippen MR) is 64.5 cm³/mol. The number of nitrogens with zero attached hydrogens (tertiary/aromatic N) is 1. The second-order valence-corrected chi connectivity index (χ2v) is 3.62. The van der Waals surface area contributed by atoms with Gasteiger partial charge in [-0.3, -0.25) is 0 Å². The fraction of sp³-hybridized carbons (Fsp3) is 0. The fourth-order valence-corrected chi connectivity index (χ4v) is 1.55. The number of carboxylic acids is 1. The van der Waals surface area contributed by atoms with E-state index >= 15 is 0 Å². The van der Waals surface area contributed by atoms with Gasteiger partial charge in [-0.25, -0.2) is 4.79 Å². The molecule has 1 N–H and O–H groups in total. The van der Waals surface area contributed by atoms with Gasteiger partial charge in [-0.1, -0.05) is 18.2 Å². The fourth-order valence-electron chi connectivity index (χ4n) is 1.55. The van der Waals surface area contributed by atoms with E-state index in [1.807, 2.05) is 30.3 Å². The lowest BCUT2D eigenvalue weighted by Gasteiger charge is -2.00. The number of aromatic carboxylic acids is 1. The molecule has 0 aliphatic rings. The van der Waals surface area contributed by atoms with Crippen molar-refractivity contribution in [1.82, 2.24) is 0 Å². The van der Waals surface area contributed by atoms with Crippen molar-refractivity contribution in [2.24, 2.45) is 0 Å². The molecule has 0 aliphatic carbocycles. The number of hydrogen-bond acceptors (Lipinski definition) is 1. The summed E-state index contributed by atoms with van der Waals surface area (Å²) in [7, 11) is 0. The number of aromatic nitrogens is 1. The molecule has 0 bridgehead atoms. The first kappa shape index (κ1) is 14.1. The second-order valence-electron chi connectivity index (χ2n) is 3.62. The minimum atomic E-state index is -0.944. The third kappa shape index (κ3) is 3.05. The summed E-state index contributed by atoms with van der Waals surface area (Å²) in [5.41, 5.74) is 1.94. The van der Waals surface area contributed by atoms with Gasteiger partial charge in [0, 0.05) is 11.6 Å².